The Labute approximate surface area is 167 Å². The summed E-state index contributed by atoms with van der Waals surface area (Å²) in [5.41, 5.74) is 12.9. The summed E-state index contributed by atoms with van der Waals surface area (Å²) in [6, 6.07) is 3.51. The first-order chi connectivity index (χ1) is 13.8. The van der Waals surface area contributed by atoms with Crippen LogP contribution in [0.4, 0.5) is 5.82 Å². The van der Waals surface area contributed by atoms with Gasteiger partial charge in [0.15, 0.2) is 5.82 Å². The fourth-order valence-electron chi connectivity index (χ4n) is 3.63. The summed E-state index contributed by atoms with van der Waals surface area (Å²) in [4.78, 5) is 11.5. The van der Waals surface area contributed by atoms with Crippen LogP contribution in [0.3, 0.4) is 0 Å². The van der Waals surface area contributed by atoms with Crippen LogP contribution in [0, 0.1) is 11.3 Å². The molecule has 1 unspecified atom stereocenters. The SMILES string of the molecule is CC(N)CS(=O)(=O)N1CC(CC#N)(n2cc(-c3ncnc4[nH]ccc34)c(N)n2)C1. The smallest absolute Gasteiger partial charge is 0.215 e. The van der Waals surface area contributed by atoms with Gasteiger partial charge in [-0.25, -0.2) is 18.4 Å². The number of aromatic nitrogens is 5. The number of aromatic amines is 1. The van der Waals surface area contributed by atoms with Crippen LogP contribution in [0.15, 0.2) is 24.8 Å². The molecule has 29 heavy (non-hydrogen) atoms. The first-order valence-electron chi connectivity index (χ1n) is 9.00. The number of rotatable bonds is 6. The monoisotopic (exact) mass is 415 g/mol. The minimum absolute atomic E-state index is 0.0983. The van der Waals surface area contributed by atoms with Crippen LogP contribution in [-0.2, 0) is 15.6 Å². The minimum atomic E-state index is -3.50. The lowest BCUT2D eigenvalue weighted by Gasteiger charge is -2.48. The van der Waals surface area contributed by atoms with Gasteiger partial charge in [0.25, 0.3) is 0 Å². The zero-order valence-corrected chi connectivity index (χ0v) is 16.6. The molecule has 5 N–H and O–H groups in total. The van der Waals surface area contributed by atoms with E-state index in [1.54, 1.807) is 24.0 Å². The zero-order chi connectivity index (χ0) is 20.8. The molecule has 0 amide bonds. The molecule has 12 heteroatoms. The molecule has 0 aromatic carbocycles. The van der Waals surface area contributed by atoms with E-state index in [2.05, 4.69) is 26.1 Å². The molecular weight excluding hydrogens is 394 g/mol. The molecule has 4 rings (SSSR count). The Balaban J connectivity index is 1.68. The molecular formula is C17H21N9O2S. The molecule has 1 fully saturated rings. The molecule has 0 bridgehead atoms. The molecule has 3 aromatic rings. The summed E-state index contributed by atoms with van der Waals surface area (Å²) < 4.78 is 27.8. The molecule has 0 radical (unpaired) electrons. The van der Waals surface area contributed by atoms with Crippen LogP contribution in [0.25, 0.3) is 22.3 Å². The topological polar surface area (TPSA) is 173 Å². The predicted molar refractivity (Wildman–Crippen MR) is 107 cm³/mol. The van der Waals surface area contributed by atoms with Crippen molar-refractivity contribution in [2.45, 2.75) is 24.9 Å². The molecule has 0 aliphatic carbocycles. The largest absolute Gasteiger partial charge is 0.382 e. The van der Waals surface area contributed by atoms with Gasteiger partial charge in [0.1, 0.15) is 17.5 Å². The average Bonchev–Trinajstić information content (AvgIpc) is 3.22. The number of nitrogen functional groups attached to an aromatic ring is 1. The number of H-pyrrole nitrogens is 1. The molecule has 11 nitrogen and oxygen atoms in total. The van der Waals surface area contributed by atoms with Gasteiger partial charge in [-0.3, -0.25) is 4.68 Å². The predicted octanol–water partition coefficient (Wildman–Crippen LogP) is 0.00518. The first kappa shape index (κ1) is 19.3. The number of nitrogens with two attached hydrogens (primary N) is 2. The van der Waals surface area contributed by atoms with Gasteiger partial charge in [-0.15, -0.1) is 0 Å². The molecule has 152 valence electrons. The number of nitriles is 1. The van der Waals surface area contributed by atoms with Crippen molar-refractivity contribution in [3.63, 3.8) is 0 Å². The van der Waals surface area contributed by atoms with Gasteiger partial charge in [-0.2, -0.15) is 14.7 Å². The number of hydrogen-bond donors (Lipinski definition) is 3. The van der Waals surface area contributed by atoms with Crippen LogP contribution < -0.4 is 11.5 Å². The second-order valence-electron chi connectivity index (χ2n) is 7.42. The lowest BCUT2D eigenvalue weighted by Crippen LogP contribution is -2.65. The fourth-order valence-corrected chi connectivity index (χ4v) is 5.38. The van der Waals surface area contributed by atoms with Crippen LogP contribution in [0.1, 0.15) is 13.3 Å². The summed E-state index contributed by atoms with van der Waals surface area (Å²) in [7, 11) is -3.50. The lowest BCUT2D eigenvalue weighted by atomic mass is 9.89. The van der Waals surface area contributed by atoms with Gasteiger partial charge in [0.2, 0.25) is 10.0 Å². The van der Waals surface area contributed by atoms with E-state index in [1.807, 2.05) is 6.07 Å². The second kappa shape index (κ2) is 6.80. The number of nitrogens with zero attached hydrogens (tertiary/aromatic N) is 6. The van der Waals surface area contributed by atoms with Crippen molar-refractivity contribution in [3.8, 4) is 17.3 Å². The average molecular weight is 415 g/mol. The quantitative estimate of drug-likeness (QED) is 0.504. The number of sulfonamides is 1. The van der Waals surface area contributed by atoms with Crippen molar-refractivity contribution in [1.82, 2.24) is 29.0 Å². The van der Waals surface area contributed by atoms with Crippen molar-refractivity contribution in [3.05, 3.63) is 24.8 Å². The van der Waals surface area contributed by atoms with E-state index in [4.69, 9.17) is 11.5 Å². The third-order valence-electron chi connectivity index (χ3n) is 5.05. The Morgan fingerprint density at radius 1 is 1.41 bits per heavy atom. The molecule has 1 saturated heterocycles. The molecule has 0 saturated carbocycles. The highest BCUT2D eigenvalue weighted by Gasteiger charge is 2.50. The van der Waals surface area contributed by atoms with Crippen molar-refractivity contribution in [2.24, 2.45) is 5.73 Å². The van der Waals surface area contributed by atoms with Crippen molar-refractivity contribution in [2.75, 3.05) is 24.6 Å². The highest BCUT2D eigenvalue weighted by molar-refractivity contribution is 7.89. The van der Waals surface area contributed by atoms with Crippen molar-refractivity contribution < 1.29 is 8.42 Å². The van der Waals surface area contributed by atoms with Crippen LogP contribution in [0.5, 0.6) is 0 Å². The van der Waals surface area contributed by atoms with Gasteiger partial charge in [-0.05, 0) is 13.0 Å². The number of fused-ring (bicyclic) bond motifs is 1. The maximum absolute atomic E-state index is 12.4. The van der Waals surface area contributed by atoms with Gasteiger partial charge >= 0.3 is 0 Å². The Morgan fingerprint density at radius 3 is 2.86 bits per heavy atom. The van der Waals surface area contributed by atoms with Crippen molar-refractivity contribution >= 4 is 26.9 Å². The normalized spacial score (nSPS) is 17.7. The lowest BCUT2D eigenvalue weighted by molar-refractivity contribution is 0.0720. The van der Waals surface area contributed by atoms with E-state index >= 15 is 0 Å². The summed E-state index contributed by atoms with van der Waals surface area (Å²) in [5.74, 6) is 0.106. The van der Waals surface area contributed by atoms with E-state index in [-0.39, 0.29) is 31.1 Å². The number of anilines is 1. The maximum Gasteiger partial charge on any atom is 0.215 e. The van der Waals surface area contributed by atoms with Gasteiger partial charge in [0.05, 0.1) is 29.5 Å². The summed E-state index contributed by atoms with van der Waals surface area (Å²) in [6.45, 7) is 1.92. The fraction of sp³-hybridized carbons (Fsp3) is 0.412. The van der Waals surface area contributed by atoms with E-state index in [1.165, 1.54) is 10.6 Å². The zero-order valence-electron chi connectivity index (χ0n) is 15.8. The summed E-state index contributed by atoms with van der Waals surface area (Å²) in [6.07, 6.45) is 5.01. The van der Waals surface area contributed by atoms with E-state index < -0.39 is 21.6 Å². The molecule has 1 atom stereocenters. The Bertz CT molecular complexity index is 1200. The van der Waals surface area contributed by atoms with Gasteiger partial charge in [-0.1, -0.05) is 0 Å². The molecule has 1 aliphatic rings. The summed E-state index contributed by atoms with van der Waals surface area (Å²) >= 11 is 0. The molecule has 1 aliphatic heterocycles. The third-order valence-corrected chi connectivity index (χ3v) is 7.05. The number of hydrogen-bond acceptors (Lipinski definition) is 8. The standard InChI is InChI=1S/C17H21N9O2S/c1-11(19)7-29(27,28)25-8-17(9-25,3-4-18)26-6-13(15(20)24-26)14-12-2-5-21-16(12)23-10-22-14/h2,5-6,10-11H,3,7-9,19H2,1H3,(H2,20,24)(H,21,22,23). The minimum Gasteiger partial charge on any atom is -0.382 e. The number of nitrogens with one attached hydrogen (secondary N) is 1. The van der Waals surface area contributed by atoms with Crippen LogP contribution in [-0.4, -0.2) is 62.3 Å². The van der Waals surface area contributed by atoms with Crippen LogP contribution >= 0.6 is 0 Å². The van der Waals surface area contributed by atoms with E-state index in [0.717, 1.165) is 5.39 Å². The van der Waals surface area contributed by atoms with Gasteiger partial charge in [0, 0.05) is 36.9 Å². The first-order valence-corrected chi connectivity index (χ1v) is 10.6. The Kier molecular flexibility index (Phi) is 4.53. The van der Waals surface area contributed by atoms with E-state index in [0.29, 0.717) is 16.9 Å². The van der Waals surface area contributed by atoms with Gasteiger partial charge < -0.3 is 16.5 Å². The third kappa shape index (κ3) is 3.23. The highest BCUT2D eigenvalue weighted by atomic mass is 32.2. The molecule has 4 heterocycles. The molecule has 0 spiro atoms. The summed E-state index contributed by atoms with van der Waals surface area (Å²) in [5, 5.41) is 14.5. The van der Waals surface area contributed by atoms with E-state index in [9.17, 15) is 13.7 Å². The molecule has 3 aromatic heterocycles. The maximum atomic E-state index is 12.4. The Morgan fingerprint density at radius 2 is 2.17 bits per heavy atom. The second-order valence-corrected chi connectivity index (χ2v) is 9.43. The Hall–Kier alpha value is -3.01. The van der Waals surface area contributed by atoms with Crippen molar-refractivity contribution in [1.29, 1.82) is 5.26 Å². The highest BCUT2D eigenvalue weighted by Crippen LogP contribution is 2.37. The van der Waals surface area contributed by atoms with Crippen LogP contribution in [0.2, 0.25) is 0 Å².